The topological polar surface area (TPSA) is 74.3 Å². The zero-order valence-corrected chi connectivity index (χ0v) is 21.3. The van der Waals surface area contributed by atoms with Gasteiger partial charge in [0.2, 0.25) is 5.91 Å². The summed E-state index contributed by atoms with van der Waals surface area (Å²) in [6, 6.07) is 16.4. The molecule has 5 rings (SSSR count). The quantitative estimate of drug-likeness (QED) is 0.573. The van der Waals surface area contributed by atoms with Crippen LogP contribution in [0.25, 0.3) is 0 Å². The molecule has 2 aromatic rings. The summed E-state index contributed by atoms with van der Waals surface area (Å²) in [7, 11) is 0. The Labute approximate surface area is 214 Å². The van der Waals surface area contributed by atoms with Gasteiger partial charge in [-0.25, -0.2) is 0 Å². The molecule has 4 atom stereocenters. The van der Waals surface area contributed by atoms with Crippen molar-refractivity contribution in [3.05, 3.63) is 65.2 Å². The molecule has 3 fully saturated rings. The number of hydrogen-bond acceptors (Lipinski definition) is 6. The fourth-order valence-electron chi connectivity index (χ4n) is 5.83. The fourth-order valence-corrected chi connectivity index (χ4v) is 5.83. The number of rotatable bonds is 8. The van der Waals surface area contributed by atoms with E-state index < -0.39 is 6.29 Å². The molecule has 0 bridgehead atoms. The number of likely N-dealkylation sites (tertiary alicyclic amines) is 2. The SMILES string of the molecule is CC(=O)Nc1ccc([C@H]2O[C@@H](CN3CCC[C@H]3CN3CCCC3)C[C@@H](c3ccc(CO)cc3)O2)cc1. The Hall–Kier alpha value is -2.29. The van der Waals surface area contributed by atoms with Crippen LogP contribution in [0.1, 0.15) is 68.1 Å². The van der Waals surface area contributed by atoms with E-state index in [2.05, 4.69) is 27.2 Å². The highest BCUT2D eigenvalue weighted by atomic mass is 16.7. The van der Waals surface area contributed by atoms with Gasteiger partial charge in [0.15, 0.2) is 6.29 Å². The number of nitrogens with one attached hydrogen (secondary N) is 1. The predicted octanol–water partition coefficient (Wildman–Crippen LogP) is 4.24. The standard InChI is InChI=1S/C29H39N3O4/c1-21(34)30-25-12-10-24(11-13-25)29-35-27(17-28(36-29)23-8-6-22(20-33)7-9-23)19-32-16-4-5-26(32)18-31-14-2-3-15-31/h6-13,26-29,33H,2-5,14-20H2,1H3,(H,30,34)/t26-,27+,28-,29-/m0/s1. The molecule has 194 valence electrons. The number of aliphatic hydroxyl groups is 1. The fraction of sp³-hybridized carbons (Fsp3) is 0.552. The second-order valence-corrected chi connectivity index (χ2v) is 10.5. The van der Waals surface area contributed by atoms with Crippen molar-refractivity contribution in [3.63, 3.8) is 0 Å². The van der Waals surface area contributed by atoms with Gasteiger partial charge in [0, 0.05) is 43.7 Å². The van der Waals surface area contributed by atoms with Crippen LogP contribution in [0.4, 0.5) is 5.69 Å². The average Bonchev–Trinajstić information content (AvgIpc) is 3.57. The first-order valence-corrected chi connectivity index (χ1v) is 13.4. The summed E-state index contributed by atoms with van der Waals surface area (Å²) >= 11 is 0. The molecular weight excluding hydrogens is 454 g/mol. The Bertz CT molecular complexity index is 991. The lowest BCUT2D eigenvalue weighted by molar-refractivity contribution is -0.253. The Morgan fingerprint density at radius 1 is 0.944 bits per heavy atom. The first-order valence-electron chi connectivity index (χ1n) is 13.4. The predicted molar refractivity (Wildman–Crippen MR) is 139 cm³/mol. The second-order valence-electron chi connectivity index (χ2n) is 10.5. The van der Waals surface area contributed by atoms with Crippen molar-refractivity contribution in [2.45, 2.75) is 70.2 Å². The number of hydrogen-bond donors (Lipinski definition) is 2. The van der Waals surface area contributed by atoms with Crippen LogP contribution >= 0.6 is 0 Å². The van der Waals surface area contributed by atoms with Gasteiger partial charge in [-0.1, -0.05) is 36.4 Å². The molecule has 0 radical (unpaired) electrons. The van der Waals surface area contributed by atoms with Crippen LogP contribution in [0.5, 0.6) is 0 Å². The number of anilines is 1. The second kappa shape index (κ2) is 11.8. The lowest BCUT2D eigenvalue weighted by atomic mass is 9.99. The van der Waals surface area contributed by atoms with E-state index in [1.54, 1.807) is 0 Å². The Morgan fingerprint density at radius 3 is 2.36 bits per heavy atom. The monoisotopic (exact) mass is 493 g/mol. The average molecular weight is 494 g/mol. The molecule has 3 aliphatic rings. The van der Waals surface area contributed by atoms with E-state index in [9.17, 15) is 9.90 Å². The minimum Gasteiger partial charge on any atom is -0.392 e. The summed E-state index contributed by atoms with van der Waals surface area (Å²) in [4.78, 5) is 16.7. The van der Waals surface area contributed by atoms with E-state index in [4.69, 9.17) is 9.47 Å². The van der Waals surface area contributed by atoms with Crippen molar-refractivity contribution in [1.29, 1.82) is 0 Å². The molecule has 3 aliphatic heterocycles. The van der Waals surface area contributed by atoms with Crippen molar-refractivity contribution in [2.75, 3.05) is 38.0 Å². The van der Waals surface area contributed by atoms with Crippen LogP contribution in [0.2, 0.25) is 0 Å². The minimum absolute atomic E-state index is 0.0359. The summed E-state index contributed by atoms with van der Waals surface area (Å²) in [6.45, 7) is 7.23. The number of aliphatic hydroxyl groups excluding tert-OH is 1. The summed E-state index contributed by atoms with van der Waals surface area (Å²) in [5.74, 6) is -0.0894. The molecule has 0 aromatic heterocycles. The molecule has 0 aliphatic carbocycles. The minimum atomic E-state index is -0.475. The summed E-state index contributed by atoms with van der Waals surface area (Å²) in [5, 5.41) is 12.3. The Morgan fingerprint density at radius 2 is 1.67 bits per heavy atom. The third kappa shape index (κ3) is 6.33. The maximum Gasteiger partial charge on any atom is 0.221 e. The molecule has 3 saturated heterocycles. The highest BCUT2D eigenvalue weighted by Gasteiger charge is 2.36. The zero-order chi connectivity index (χ0) is 24.9. The van der Waals surface area contributed by atoms with Gasteiger partial charge in [-0.05, 0) is 68.6 Å². The van der Waals surface area contributed by atoms with Crippen molar-refractivity contribution in [2.24, 2.45) is 0 Å². The number of amides is 1. The van der Waals surface area contributed by atoms with Crippen LogP contribution in [0, 0.1) is 0 Å². The van der Waals surface area contributed by atoms with Gasteiger partial charge < -0.3 is 24.8 Å². The van der Waals surface area contributed by atoms with Gasteiger partial charge in [0.25, 0.3) is 0 Å². The van der Waals surface area contributed by atoms with Crippen molar-refractivity contribution in [3.8, 4) is 0 Å². The number of carbonyl (C=O) groups excluding carboxylic acids is 1. The Kier molecular flexibility index (Phi) is 8.34. The molecule has 0 spiro atoms. The van der Waals surface area contributed by atoms with Gasteiger partial charge in [0.1, 0.15) is 0 Å². The van der Waals surface area contributed by atoms with E-state index in [0.717, 1.165) is 41.9 Å². The van der Waals surface area contributed by atoms with Crippen LogP contribution in [-0.4, -0.2) is 65.7 Å². The molecule has 0 saturated carbocycles. The van der Waals surface area contributed by atoms with Crippen LogP contribution in [0.15, 0.2) is 48.5 Å². The van der Waals surface area contributed by atoms with Crippen LogP contribution < -0.4 is 5.32 Å². The maximum atomic E-state index is 11.4. The summed E-state index contributed by atoms with van der Waals surface area (Å²) in [6.07, 6.45) is 5.46. The largest absolute Gasteiger partial charge is 0.392 e. The molecule has 1 amide bonds. The van der Waals surface area contributed by atoms with Crippen molar-refractivity contribution >= 4 is 11.6 Å². The molecule has 7 heteroatoms. The van der Waals surface area contributed by atoms with E-state index in [0.29, 0.717) is 6.04 Å². The molecule has 36 heavy (non-hydrogen) atoms. The van der Waals surface area contributed by atoms with Gasteiger partial charge in [0.05, 0.1) is 18.8 Å². The number of ether oxygens (including phenoxy) is 2. The molecule has 2 aromatic carbocycles. The van der Waals surface area contributed by atoms with Crippen LogP contribution in [-0.2, 0) is 20.9 Å². The normalized spacial score (nSPS) is 27.4. The highest BCUT2D eigenvalue weighted by Crippen LogP contribution is 2.39. The van der Waals surface area contributed by atoms with Gasteiger partial charge in [-0.3, -0.25) is 9.69 Å². The zero-order valence-electron chi connectivity index (χ0n) is 21.3. The maximum absolute atomic E-state index is 11.4. The molecular formula is C29H39N3O4. The highest BCUT2D eigenvalue weighted by molar-refractivity contribution is 5.88. The Balaban J connectivity index is 1.31. The summed E-state index contributed by atoms with van der Waals surface area (Å²) in [5.41, 5.74) is 3.71. The van der Waals surface area contributed by atoms with E-state index in [1.165, 1.54) is 52.2 Å². The van der Waals surface area contributed by atoms with Gasteiger partial charge >= 0.3 is 0 Å². The molecule has 0 unspecified atom stereocenters. The third-order valence-electron chi connectivity index (χ3n) is 7.72. The molecule has 2 N–H and O–H groups in total. The van der Waals surface area contributed by atoms with E-state index in [1.807, 2.05) is 36.4 Å². The summed E-state index contributed by atoms with van der Waals surface area (Å²) < 4.78 is 13.0. The first kappa shape index (κ1) is 25.4. The number of nitrogens with zero attached hydrogens (tertiary/aromatic N) is 2. The van der Waals surface area contributed by atoms with E-state index in [-0.39, 0.29) is 24.7 Å². The lowest BCUT2D eigenvalue weighted by Gasteiger charge is -2.39. The van der Waals surface area contributed by atoms with Crippen molar-refractivity contribution in [1.82, 2.24) is 9.80 Å². The van der Waals surface area contributed by atoms with Crippen LogP contribution in [0.3, 0.4) is 0 Å². The first-order chi connectivity index (χ1) is 17.6. The molecule has 3 heterocycles. The number of benzene rings is 2. The molecule has 7 nitrogen and oxygen atoms in total. The van der Waals surface area contributed by atoms with Gasteiger partial charge in [-0.15, -0.1) is 0 Å². The smallest absolute Gasteiger partial charge is 0.221 e. The van der Waals surface area contributed by atoms with Gasteiger partial charge in [-0.2, -0.15) is 0 Å². The third-order valence-corrected chi connectivity index (χ3v) is 7.72. The van der Waals surface area contributed by atoms with Crippen molar-refractivity contribution < 1.29 is 19.4 Å². The lowest BCUT2D eigenvalue weighted by Crippen LogP contribution is -2.45. The number of carbonyl (C=O) groups is 1. The van der Waals surface area contributed by atoms with E-state index >= 15 is 0 Å².